The van der Waals surface area contributed by atoms with Gasteiger partial charge in [0, 0.05) is 25.7 Å². The number of nitrogens with zero attached hydrogens (tertiary/aromatic N) is 2. The van der Waals surface area contributed by atoms with E-state index in [0.717, 1.165) is 25.6 Å². The van der Waals surface area contributed by atoms with Crippen molar-refractivity contribution in [2.45, 2.75) is 51.0 Å². The van der Waals surface area contributed by atoms with Crippen LogP contribution < -0.4 is 0 Å². The number of carbonyl (C=O) groups is 1. The minimum absolute atomic E-state index is 0.342. The van der Waals surface area contributed by atoms with Crippen LogP contribution >= 0.6 is 0 Å². The summed E-state index contributed by atoms with van der Waals surface area (Å²) in [6.45, 7) is 3.00. The van der Waals surface area contributed by atoms with E-state index in [4.69, 9.17) is 0 Å². The molecule has 0 aromatic rings. The molecule has 2 heterocycles. The Morgan fingerprint density at radius 3 is 2.44 bits per heavy atom. The highest BCUT2D eigenvalue weighted by Crippen LogP contribution is 2.37. The third kappa shape index (κ3) is 1.70. The molecule has 0 aromatic carbocycles. The second-order valence-electron chi connectivity index (χ2n) is 5.57. The number of piperidine rings is 1. The van der Waals surface area contributed by atoms with E-state index in [2.05, 4.69) is 9.80 Å². The molecule has 0 N–H and O–H groups in total. The second-order valence-corrected chi connectivity index (χ2v) is 5.57. The molecule has 2 aliphatic heterocycles. The van der Waals surface area contributed by atoms with Crippen LogP contribution in [-0.4, -0.2) is 41.5 Å². The zero-order valence-electron chi connectivity index (χ0n) is 10.0. The van der Waals surface area contributed by atoms with Gasteiger partial charge in [-0.2, -0.15) is 0 Å². The molecule has 2 saturated heterocycles. The maximum absolute atomic E-state index is 12.4. The summed E-state index contributed by atoms with van der Waals surface area (Å²) in [6.07, 6.45) is 8.92. The zero-order valence-corrected chi connectivity index (χ0v) is 10.0. The molecule has 0 radical (unpaired) electrons. The predicted molar refractivity (Wildman–Crippen MR) is 63.3 cm³/mol. The summed E-state index contributed by atoms with van der Waals surface area (Å²) in [5, 5.41) is 0. The van der Waals surface area contributed by atoms with Crippen LogP contribution in [0.25, 0.3) is 0 Å². The van der Waals surface area contributed by atoms with Crippen molar-refractivity contribution >= 4 is 6.03 Å². The van der Waals surface area contributed by atoms with E-state index in [1.54, 1.807) is 0 Å². The lowest BCUT2D eigenvalue weighted by Gasteiger charge is -2.39. The molecule has 1 saturated carbocycles. The second kappa shape index (κ2) is 4.27. The minimum atomic E-state index is 0.342. The van der Waals surface area contributed by atoms with Gasteiger partial charge in [-0.3, -0.25) is 0 Å². The number of carbonyl (C=O) groups excluding carboxylic acids is 1. The standard InChI is InChI=1S/C13H22N2O/c16-13(14-8-1-2-9-14)15-10-4-6-11-5-3-7-12(11)15/h11-12H,1-10H2. The van der Waals surface area contributed by atoms with Gasteiger partial charge in [0.15, 0.2) is 0 Å². The Labute approximate surface area is 97.8 Å². The summed E-state index contributed by atoms with van der Waals surface area (Å²) in [4.78, 5) is 16.7. The number of hydrogen-bond acceptors (Lipinski definition) is 1. The predicted octanol–water partition coefficient (Wildman–Crippen LogP) is 2.47. The van der Waals surface area contributed by atoms with Crippen molar-refractivity contribution in [1.29, 1.82) is 0 Å². The third-order valence-electron chi connectivity index (χ3n) is 4.62. The van der Waals surface area contributed by atoms with Gasteiger partial charge in [-0.1, -0.05) is 6.42 Å². The molecule has 3 heteroatoms. The fourth-order valence-electron chi connectivity index (χ4n) is 3.78. The topological polar surface area (TPSA) is 23.6 Å². The molecule has 2 unspecified atom stereocenters. The molecule has 2 atom stereocenters. The molecular formula is C13H22N2O. The van der Waals surface area contributed by atoms with E-state index in [0.29, 0.717) is 12.1 Å². The van der Waals surface area contributed by atoms with Crippen LogP contribution in [0.15, 0.2) is 0 Å². The molecule has 3 rings (SSSR count). The number of fused-ring (bicyclic) bond motifs is 1. The van der Waals surface area contributed by atoms with Gasteiger partial charge in [0.1, 0.15) is 0 Å². The Balaban J connectivity index is 1.70. The van der Waals surface area contributed by atoms with Crippen molar-refractivity contribution in [2.24, 2.45) is 5.92 Å². The first-order valence-corrected chi connectivity index (χ1v) is 6.92. The van der Waals surface area contributed by atoms with Gasteiger partial charge >= 0.3 is 6.03 Å². The van der Waals surface area contributed by atoms with Crippen LogP contribution in [0, 0.1) is 5.92 Å². The van der Waals surface area contributed by atoms with Gasteiger partial charge in [-0.25, -0.2) is 4.79 Å². The summed E-state index contributed by atoms with van der Waals surface area (Å²) >= 11 is 0. The fourth-order valence-corrected chi connectivity index (χ4v) is 3.78. The Morgan fingerprint density at radius 2 is 1.62 bits per heavy atom. The fraction of sp³-hybridized carbons (Fsp3) is 0.923. The van der Waals surface area contributed by atoms with Gasteiger partial charge in [0.05, 0.1) is 0 Å². The molecule has 16 heavy (non-hydrogen) atoms. The van der Waals surface area contributed by atoms with Crippen molar-refractivity contribution in [3.05, 3.63) is 0 Å². The first kappa shape index (κ1) is 10.4. The number of rotatable bonds is 0. The average Bonchev–Trinajstić information content (AvgIpc) is 2.98. The smallest absolute Gasteiger partial charge is 0.320 e. The van der Waals surface area contributed by atoms with Crippen LogP contribution in [0.5, 0.6) is 0 Å². The average molecular weight is 222 g/mol. The van der Waals surface area contributed by atoms with Crippen LogP contribution in [0.3, 0.4) is 0 Å². The monoisotopic (exact) mass is 222 g/mol. The Kier molecular flexibility index (Phi) is 2.78. The van der Waals surface area contributed by atoms with Gasteiger partial charge in [0.25, 0.3) is 0 Å². The Morgan fingerprint density at radius 1 is 0.875 bits per heavy atom. The highest BCUT2D eigenvalue weighted by atomic mass is 16.2. The summed E-state index contributed by atoms with van der Waals surface area (Å²) in [5.41, 5.74) is 0. The lowest BCUT2D eigenvalue weighted by atomic mass is 9.92. The molecule has 0 bridgehead atoms. The number of likely N-dealkylation sites (tertiary alicyclic amines) is 2. The maximum Gasteiger partial charge on any atom is 0.320 e. The van der Waals surface area contributed by atoms with E-state index in [1.165, 1.54) is 44.9 Å². The normalized spacial score (nSPS) is 34.2. The van der Waals surface area contributed by atoms with Gasteiger partial charge in [-0.05, 0) is 44.4 Å². The van der Waals surface area contributed by atoms with Gasteiger partial charge in [0.2, 0.25) is 0 Å². The minimum Gasteiger partial charge on any atom is -0.325 e. The van der Waals surface area contributed by atoms with E-state index in [9.17, 15) is 4.79 Å². The summed E-state index contributed by atoms with van der Waals surface area (Å²) < 4.78 is 0. The number of amides is 2. The molecule has 3 nitrogen and oxygen atoms in total. The molecule has 2 amide bonds. The Bertz CT molecular complexity index is 273. The zero-order chi connectivity index (χ0) is 11.0. The number of hydrogen-bond donors (Lipinski definition) is 0. The SMILES string of the molecule is O=C(N1CCCC1)N1CCCC2CCCC21. The van der Waals surface area contributed by atoms with Crippen molar-refractivity contribution in [1.82, 2.24) is 9.80 Å². The molecule has 3 fully saturated rings. The van der Waals surface area contributed by atoms with Crippen LogP contribution in [0.2, 0.25) is 0 Å². The quantitative estimate of drug-likeness (QED) is 0.617. The largest absolute Gasteiger partial charge is 0.325 e. The number of urea groups is 1. The van der Waals surface area contributed by atoms with E-state index < -0.39 is 0 Å². The van der Waals surface area contributed by atoms with E-state index in [1.807, 2.05) is 0 Å². The van der Waals surface area contributed by atoms with Crippen molar-refractivity contribution < 1.29 is 4.79 Å². The molecule has 0 spiro atoms. The van der Waals surface area contributed by atoms with E-state index in [-0.39, 0.29) is 0 Å². The van der Waals surface area contributed by atoms with E-state index >= 15 is 0 Å². The van der Waals surface area contributed by atoms with Gasteiger partial charge in [-0.15, -0.1) is 0 Å². The van der Waals surface area contributed by atoms with Crippen molar-refractivity contribution in [3.8, 4) is 0 Å². The molecule has 3 aliphatic rings. The summed E-state index contributed by atoms with van der Waals surface area (Å²) in [6, 6.07) is 0.927. The molecule has 1 aliphatic carbocycles. The Hall–Kier alpha value is -0.730. The van der Waals surface area contributed by atoms with Crippen molar-refractivity contribution in [3.63, 3.8) is 0 Å². The molecule has 0 aromatic heterocycles. The highest BCUT2D eigenvalue weighted by Gasteiger charge is 2.38. The van der Waals surface area contributed by atoms with Crippen LogP contribution in [0.4, 0.5) is 4.79 Å². The van der Waals surface area contributed by atoms with Crippen molar-refractivity contribution in [2.75, 3.05) is 19.6 Å². The van der Waals surface area contributed by atoms with Crippen LogP contribution in [-0.2, 0) is 0 Å². The summed E-state index contributed by atoms with van der Waals surface area (Å²) in [5.74, 6) is 0.820. The van der Waals surface area contributed by atoms with Gasteiger partial charge < -0.3 is 9.80 Å². The first-order chi connectivity index (χ1) is 7.86. The molecule has 90 valence electrons. The first-order valence-electron chi connectivity index (χ1n) is 6.92. The summed E-state index contributed by atoms with van der Waals surface area (Å²) in [7, 11) is 0. The molecular weight excluding hydrogens is 200 g/mol. The third-order valence-corrected chi connectivity index (χ3v) is 4.62. The lowest BCUT2D eigenvalue weighted by molar-refractivity contribution is 0.104. The highest BCUT2D eigenvalue weighted by molar-refractivity contribution is 5.75. The maximum atomic E-state index is 12.4. The van der Waals surface area contributed by atoms with Crippen LogP contribution in [0.1, 0.15) is 44.9 Å². The lowest BCUT2D eigenvalue weighted by Crippen LogP contribution is -2.51.